The van der Waals surface area contributed by atoms with Crippen LogP contribution in [0.4, 0.5) is 0 Å². The Morgan fingerprint density at radius 3 is 2.55 bits per heavy atom. The highest BCUT2D eigenvalue weighted by molar-refractivity contribution is 7.11. The van der Waals surface area contributed by atoms with Crippen LogP contribution < -0.4 is 16.0 Å². The zero-order chi connectivity index (χ0) is 14.2. The topological polar surface area (TPSA) is 47.3 Å². The summed E-state index contributed by atoms with van der Waals surface area (Å²) in [5, 5.41) is 0. The van der Waals surface area contributed by atoms with E-state index in [2.05, 4.69) is 24.5 Å². The van der Waals surface area contributed by atoms with E-state index in [9.17, 15) is 0 Å². The predicted molar refractivity (Wildman–Crippen MR) is 85.1 cm³/mol. The van der Waals surface area contributed by atoms with E-state index in [-0.39, 0.29) is 6.04 Å². The third-order valence-corrected chi connectivity index (χ3v) is 4.48. The van der Waals surface area contributed by atoms with Crippen LogP contribution in [0.5, 0.6) is 5.75 Å². The molecule has 108 valence electrons. The molecule has 4 heteroatoms. The molecule has 3 N–H and O–H groups in total. The van der Waals surface area contributed by atoms with E-state index in [0.29, 0.717) is 6.61 Å². The summed E-state index contributed by atoms with van der Waals surface area (Å²) in [4.78, 5) is 2.81. The molecule has 0 aliphatic rings. The summed E-state index contributed by atoms with van der Waals surface area (Å²) in [6, 6.07) is 14.5. The monoisotopic (exact) mass is 290 g/mol. The van der Waals surface area contributed by atoms with E-state index in [1.165, 1.54) is 9.75 Å². The number of aryl methyl sites for hydroxylation is 1. The van der Waals surface area contributed by atoms with Gasteiger partial charge in [-0.25, -0.2) is 0 Å². The zero-order valence-electron chi connectivity index (χ0n) is 11.8. The maximum Gasteiger partial charge on any atom is 0.119 e. The first-order valence-electron chi connectivity index (χ1n) is 7.03. The highest BCUT2D eigenvalue weighted by atomic mass is 32.1. The van der Waals surface area contributed by atoms with Crippen LogP contribution in [0.3, 0.4) is 0 Å². The first-order valence-corrected chi connectivity index (χ1v) is 7.85. The zero-order valence-corrected chi connectivity index (χ0v) is 12.7. The number of thiophene rings is 1. The number of nitrogens with one attached hydrogen (secondary N) is 1. The van der Waals surface area contributed by atoms with Crippen molar-refractivity contribution in [3.63, 3.8) is 0 Å². The Bertz CT molecular complexity index is 498. The normalized spacial score (nSPS) is 12.3. The molecule has 2 aromatic rings. The van der Waals surface area contributed by atoms with Crippen LogP contribution in [0.2, 0.25) is 0 Å². The fourth-order valence-electron chi connectivity index (χ4n) is 2.04. The van der Waals surface area contributed by atoms with Gasteiger partial charge in [0.1, 0.15) is 5.75 Å². The van der Waals surface area contributed by atoms with Crippen molar-refractivity contribution in [1.29, 1.82) is 0 Å². The van der Waals surface area contributed by atoms with Gasteiger partial charge in [-0.05, 0) is 43.5 Å². The second-order valence-electron chi connectivity index (χ2n) is 4.74. The van der Waals surface area contributed by atoms with Gasteiger partial charge < -0.3 is 4.74 Å². The van der Waals surface area contributed by atoms with Crippen molar-refractivity contribution in [2.45, 2.75) is 32.2 Å². The van der Waals surface area contributed by atoms with Crippen LogP contribution >= 0.6 is 11.3 Å². The van der Waals surface area contributed by atoms with E-state index >= 15 is 0 Å². The first-order chi connectivity index (χ1) is 9.81. The molecule has 1 heterocycles. The summed E-state index contributed by atoms with van der Waals surface area (Å²) >= 11 is 1.87. The fourth-order valence-corrected chi connectivity index (χ4v) is 3.08. The highest BCUT2D eigenvalue weighted by Crippen LogP contribution is 2.19. The van der Waals surface area contributed by atoms with Crippen LogP contribution in [0.25, 0.3) is 0 Å². The Morgan fingerprint density at radius 2 is 1.90 bits per heavy atom. The minimum atomic E-state index is 0.252. The average molecular weight is 290 g/mol. The van der Waals surface area contributed by atoms with Crippen molar-refractivity contribution >= 4 is 11.3 Å². The first kappa shape index (κ1) is 15.0. The van der Waals surface area contributed by atoms with E-state index in [1.807, 2.05) is 41.7 Å². The lowest BCUT2D eigenvalue weighted by Gasteiger charge is -2.15. The molecule has 3 nitrogen and oxygen atoms in total. The highest BCUT2D eigenvalue weighted by Gasteiger charge is 2.10. The molecule has 20 heavy (non-hydrogen) atoms. The maximum absolute atomic E-state index is 5.71. The van der Waals surface area contributed by atoms with Crippen LogP contribution in [-0.2, 0) is 12.8 Å². The van der Waals surface area contributed by atoms with Gasteiger partial charge >= 0.3 is 0 Å². The van der Waals surface area contributed by atoms with E-state index < -0.39 is 0 Å². The average Bonchev–Trinajstić information content (AvgIpc) is 2.95. The van der Waals surface area contributed by atoms with Crippen LogP contribution in [0.15, 0.2) is 42.5 Å². The SMILES string of the molecule is CCc1ccc(CC(CCOc2ccccc2)NN)s1. The van der Waals surface area contributed by atoms with Gasteiger partial charge in [0.05, 0.1) is 6.61 Å². The third kappa shape index (κ3) is 4.63. The Hall–Kier alpha value is -1.36. The molecule has 0 saturated heterocycles. The molecule has 1 unspecified atom stereocenters. The molecule has 0 aliphatic heterocycles. The molecule has 0 fully saturated rings. The van der Waals surface area contributed by atoms with Crippen LogP contribution in [0, 0.1) is 0 Å². The Morgan fingerprint density at radius 1 is 1.15 bits per heavy atom. The number of ether oxygens (including phenoxy) is 1. The lowest BCUT2D eigenvalue weighted by atomic mass is 10.1. The number of hydrazine groups is 1. The van der Waals surface area contributed by atoms with Crippen molar-refractivity contribution < 1.29 is 4.74 Å². The number of hydrogen-bond acceptors (Lipinski definition) is 4. The Balaban J connectivity index is 1.77. The predicted octanol–water partition coefficient (Wildman–Crippen LogP) is 3.15. The second-order valence-corrected chi connectivity index (χ2v) is 5.99. The number of nitrogens with two attached hydrogens (primary N) is 1. The van der Waals surface area contributed by atoms with Crippen LogP contribution in [0.1, 0.15) is 23.1 Å². The van der Waals surface area contributed by atoms with Gasteiger partial charge in [0, 0.05) is 15.8 Å². The quantitative estimate of drug-likeness (QED) is 0.580. The van der Waals surface area contributed by atoms with Gasteiger partial charge in [0.2, 0.25) is 0 Å². The molecule has 0 amide bonds. The van der Waals surface area contributed by atoms with E-state index in [1.54, 1.807) is 0 Å². The summed E-state index contributed by atoms with van der Waals surface area (Å²) in [6.45, 7) is 2.85. The van der Waals surface area contributed by atoms with Crippen LogP contribution in [-0.4, -0.2) is 12.6 Å². The maximum atomic E-state index is 5.71. The second kappa shape index (κ2) is 8.04. The van der Waals surface area contributed by atoms with Gasteiger partial charge in [0.15, 0.2) is 0 Å². The molecule has 0 spiro atoms. The molecule has 1 atom stereocenters. The molecule has 0 radical (unpaired) electrons. The smallest absolute Gasteiger partial charge is 0.119 e. The summed E-state index contributed by atoms with van der Waals surface area (Å²) in [7, 11) is 0. The summed E-state index contributed by atoms with van der Waals surface area (Å²) in [5.41, 5.74) is 2.89. The van der Waals surface area contributed by atoms with Gasteiger partial charge in [-0.15, -0.1) is 11.3 Å². The fraction of sp³-hybridized carbons (Fsp3) is 0.375. The van der Waals surface area contributed by atoms with E-state index in [4.69, 9.17) is 10.6 Å². The standard InChI is InChI=1S/C16H22N2OS/c1-2-15-8-9-16(20-15)12-13(18-17)10-11-19-14-6-4-3-5-7-14/h3-9,13,18H,2,10-12,17H2,1H3. The van der Waals surface area contributed by atoms with Gasteiger partial charge in [-0.2, -0.15) is 0 Å². The van der Waals surface area contributed by atoms with Gasteiger partial charge in [-0.1, -0.05) is 25.1 Å². The molecule has 0 bridgehead atoms. The summed E-state index contributed by atoms with van der Waals surface area (Å²) in [5.74, 6) is 6.55. The Kier molecular flexibility index (Phi) is 6.05. The lowest BCUT2D eigenvalue weighted by molar-refractivity contribution is 0.285. The minimum Gasteiger partial charge on any atom is -0.494 e. The largest absolute Gasteiger partial charge is 0.494 e. The van der Waals surface area contributed by atoms with Gasteiger partial charge in [-0.3, -0.25) is 11.3 Å². The number of hydrogen-bond donors (Lipinski definition) is 2. The van der Waals surface area contributed by atoms with Crippen molar-refractivity contribution in [2.75, 3.05) is 6.61 Å². The molecule has 2 rings (SSSR count). The molecule has 0 aliphatic carbocycles. The molecular formula is C16H22N2OS. The number of rotatable bonds is 8. The van der Waals surface area contributed by atoms with Crippen molar-refractivity contribution in [3.05, 3.63) is 52.2 Å². The third-order valence-electron chi connectivity index (χ3n) is 3.23. The van der Waals surface area contributed by atoms with Crippen molar-refractivity contribution in [2.24, 2.45) is 5.84 Å². The number of para-hydroxylation sites is 1. The molecule has 1 aromatic heterocycles. The molecular weight excluding hydrogens is 268 g/mol. The molecule has 1 aromatic carbocycles. The number of benzene rings is 1. The van der Waals surface area contributed by atoms with Crippen molar-refractivity contribution in [1.82, 2.24) is 5.43 Å². The van der Waals surface area contributed by atoms with Crippen molar-refractivity contribution in [3.8, 4) is 5.75 Å². The van der Waals surface area contributed by atoms with Gasteiger partial charge in [0.25, 0.3) is 0 Å². The van der Waals surface area contributed by atoms with E-state index in [0.717, 1.165) is 25.0 Å². The minimum absolute atomic E-state index is 0.252. The lowest BCUT2D eigenvalue weighted by Crippen LogP contribution is -2.37. The summed E-state index contributed by atoms with van der Waals surface area (Å²) in [6.07, 6.45) is 2.95. The summed E-state index contributed by atoms with van der Waals surface area (Å²) < 4.78 is 5.71. The Labute approximate surface area is 124 Å². The molecule has 0 saturated carbocycles.